The van der Waals surface area contributed by atoms with Crippen LogP contribution in [0.1, 0.15) is 18.4 Å². The highest BCUT2D eigenvalue weighted by molar-refractivity contribution is 7.80. The number of phenols is 1. The van der Waals surface area contributed by atoms with Gasteiger partial charge >= 0.3 is 5.97 Å². The second-order valence-corrected chi connectivity index (χ2v) is 6.19. The van der Waals surface area contributed by atoms with Crippen molar-refractivity contribution in [2.45, 2.75) is 19.4 Å². The first-order valence-corrected chi connectivity index (χ1v) is 8.99. The summed E-state index contributed by atoms with van der Waals surface area (Å²) in [4.78, 5) is 13.1. The topological polar surface area (TPSA) is 71.0 Å². The fourth-order valence-corrected chi connectivity index (χ4v) is 2.82. The molecule has 0 radical (unpaired) electrons. The molecule has 0 saturated heterocycles. The lowest BCUT2D eigenvalue weighted by atomic mass is 10.1. The first-order chi connectivity index (χ1) is 13.1. The van der Waals surface area contributed by atoms with Crippen molar-refractivity contribution >= 4 is 29.0 Å². The van der Waals surface area contributed by atoms with E-state index < -0.39 is 0 Å². The molecule has 0 saturated carbocycles. The minimum Gasteiger partial charge on any atom is -0.508 e. The van der Waals surface area contributed by atoms with E-state index in [1.54, 1.807) is 19.2 Å². The van der Waals surface area contributed by atoms with Gasteiger partial charge in [-0.25, -0.2) is 0 Å². The molecule has 0 atom stereocenters. The number of methoxy groups -OCH3 is 2. The SMILES string of the molecule is COC(=O)CCCNC(=S)N(Cc1ccccc1O)c1ccccc1OC. The number of para-hydroxylation sites is 3. The molecule has 0 aliphatic rings. The third kappa shape index (κ3) is 5.86. The van der Waals surface area contributed by atoms with Crippen molar-refractivity contribution in [3.63, 3.8) is 0 Å². The zero-order chi connectivity index (χ0) is 19.6. The maximum Gasteiger partial charge on any atom is 0.305 e. The van der Waals surface area contributed by atoms with Gasteiger partial charge in [0, 0.05) is 18.5 Å². The summed E-state index contributed by atoms with van der Waals surface area (Å²) in [5.74, 6) is 0.621. The van der Waals surface area contributed by atoms with Crippen LogP contribution in [0.15, 0.2) is 48.5 Å². The third-order valence-corrected chi connectivity index (χ3v) is 4.37. The first-order valence-electron chi connectivity index (χ1n) is 8.59. The van der Waals surface area contributed by atoms with Crippen molar-refractivity contribution in [1.82, 2.24) is 5.32 Å². The van der Waals surface area contributed by atoms with Crippen LogP contribution in [0.4, 0.5) is 5.69 Å². The Labute approximate surface area is 164 Å². The number of nitrogens with one attached hydrogen (secondary N) is 1. The Morgan fingerprint density at radius 2 is 1.85 bits per heavy atom. The summed E-state index contributed by atoms with van der Waals surface area (Å²) in [6.07, 6.45) is 0.920. The van der Waals surface area contributed by atoms with E-state index in [4.69, 9.17) is 17.0 Å². The molecule has 0 spiro atoms. The zero-order valence-electron chi connectivity index (χ0n) is 15.5. The molecule has 0 aromatic heterocycles. The minimum atomic E-state index is -0.251. The molecule has 2 N–H and O–H groups in total. The van der Waals surface area contributed by atoms with E-state index in [2.05, 4.69) is 10.1 Å². The molecule has 0 bridgehead atoms. The Hall–Kier alpha value is -2.80. The molecule has 2 aromatic carbocycles. The summed E-state index contributed by atoms with van der Waals surface area (Å²) >= 11 is 5.58. The minimum absolute atomic E-state index is 0.200. The van der Waals surface area contributed by atoms with Gasteiger partial charge < -0.3 is 24.8 Å². The molecular weight excluding hydrogens is 364 g/mol. The lowest BCUT2D eigenvalue weighted by Gasteiger charge is -2.27. The number of carbonyl (C=O) groups is 1. The van der Waals surface area contributed by atoms with E-state index in [0.717, 1.165) is 11.3 Å². The standard InChI is InChI=1S/C20H24N2O4S/c1-25-18-11-6-4-9-16(18)22(14-15-8-3-5-10-17(15)23)20(27)21-13-7-12-19(24)26-2/h3-6,8-11,23H,7,12-14H2,1-2H3,(H,21,27). The molecule has 7 heteroatoms. The van der Waals surface area contributed by atoms with E-state index in [9.17, 15) is 9.90 Å². The number of thiocarbonyl (C=S) groups is 1. The van der Waals surface area contributed by atoms with Crippen LogP contribution in [0.3, 0.4) is 0 Å². The number of anilines is 1. The molecule has 2 aromatic rings. The maximum atomic E-state index is 11.2. The molecule has 2 rings (SSSR count). The van der Waals surface area contributed by atoms with Gasteiger partial charge in [0.2, 0.25) is 0 Å². The van der Waals surface area contributed by atoms with Crippen molar-refractivity contribution in [2.75, 3.05) is 25.7 Å². The maximum absolute atomic E-state index is 11.2. The summed E-state index contributed by atoms with van der Waals surface area (Å²) in [5, 5.41) is 13.8. The molecule has 0 aliphatic carbocycles. The normalized spacial score (nSPS) is 10.1. The van der Waals surface area contributed by atoms with Gasteiger partial charge in [0.15, 0.2) is 5.11 Å². The highest BCUT2D eigenvalue weighted by Crippen LogP contribution is 2.30. The fourth-order valence-electron chi connectivity index (χ4n) is 2.56. The van der Waals surface area contributed by atoms with Crippen LogP contribution < -0.4 is 15.0 Å². The first kappa shape index (κ1) is 20.5. The molecule has 0 fully saturated rings. The fraction of sp³-hybridized carbons (Fsp3) is 0.300. The van der Waals surface area contributed by atoms with Gasteiger partial charge in [-0.15, -0.1) is 0 Å². The molecule has 27 heavy (non-hydrogen) atoms. The van der Waals surface area contributed by atoms with Crippen molar-refractivity contribution in [3.05, 3.63) is 54.1 Å². The summed E-state index contributed by atoms with van der Waals surface area (Å²) in [7, 11) is 2.97. The molecule has 6 nitrogen and oxygen atoms in total. The Morgan fingerprint density at radius 1 is 1.15 bits per heavy atom. The molecule has 0 heterocycles. The van der Waals surface area contributed by atoms with E-state index in [1.807, 2.05) is 41.3 Å². The van der Waals surface area contributed by atoms with Crippen molar-refractivity contribution < 1.29 is 19.4 Å². The quantitative estimate of drug-likeness (QED) is 0.409. The van der Waals surface area contributed by atoms with Gasteiger partial charge in [-0.1, -0.05) is 30.3 Å². The average Bonchev–Trinajstić information content (AvgIpc) is 2.70. The number of hydrogen-bond donors (Lipinski definition) is 2. The average molecular weight is 388 g/mol. The lowest BCUT2D eigenvalue weighted by molar-refractivity contribution is -0.140. The van der Waals surface area contributed by atoms with Crippen LogP contribution >= 0.6 is 12.2 Å². The summed E-state index contributed by atoms with van der Waals surface area (Å²) in [6, 6.07) is 14.7. The van der Waals surface area contributed by atoms with E-state index in [0.29, 0.717) is 36.8 Å². The number of carbonyl (C=O) groups excluding carboxylic acids is 1. The highest BCUT2D eigenvalue weighted by Gasteiger charge is 2.18. The van der Waals surface area contributed by atoms with Gasteiger partial charge in [-0.3, -0.25) is 4.79 Å². The van der Waals surface area contributed by atoms with Crippen LogP contribution in [0.2, 0.25) is 0 Å². The third-order valence-electron chi connectivity index (χ3n) is 4.00. The Balaban J connectivity index is 2.18. The predicted octanol–water partition coefficient (Wildman–Crippen LogP) is 3.24. The number of esters is 1. The summed E-state index contributed by atoms with van der Waals surface area (Å²) in [5.41, 5.74) is 1.52. The number of hydrogen-bond acceptors (Lipinski definition) is 5. The van der Waals surface area contributed by atoms with Gasteiger partial charge in [0.05, 0.1) is 26.5 Å². The van der Waals surface area contributed by atoms with Crippen LogP contribution in [-0.4, -0.2) is 37.0 Å². The molecule has 0 aliphatic heterocycles. The highest BCUT2D eigenvalue weighted by atomic mass is 32.1. The van der Waals surface area contributed by atoms with Crippen molar-refractivity contribution in [2.24, 2.45) is 0 Å². The number of ether oxygens (including phenoxy) is 2. The number of rotatable bonds is 8. The van der Waals surface area contributed by atoms with Crippen LogP contribution in [0.25, 0.3) is 0 Å². The van der Waals surface area contributed by atoms with Crippen LogP contribution in [-0.2, 0) is 16.1 Å². The zero-order valence-corrected chi connectivity index (χ0v) is 16.3. The van der Waals surface area contributed by atoms with Gasteiger partial charge in [0.1, 0.15) is 11.5 Å². The molecule has 0 unspecified atom stereocenters. The van der Waals surface area contributed by atoms with E-state index >= 15 is 0 Å². The Bertz CT molecular complexity index is 782. The second kappa shape index (κ2) is 10.4. The van der Waals surface area contributed by atoms with E-state index in [1.165, 1.54) is 7.11 Å². The van der Waals surface area contributed by atoms with Crippen molar-refractivity contribution in [3.8, 4) is 11.5 Å². The lowest BCUT2D eigenvalue weighted by Crippen LogP contribution is -2.40. The van der Waals surface area contributed by atoms with Gasteiger partial charge in [-0.05, 0) is 36.8 Å². The Morgan fingerprint density at radius 3 is 2.56 bits per heavy atom. The Kier molecular flexibility index (Phi) is 7.88. The number of phenolic OH excluding ortho intramolecular Hbond substituents is 1. The monoisotopic (exact) mass is 388 g/mol. The molecule has 0 amide bonds. The van der Waals surface area contributed by atoms with Crippen LogP contribution in [0.5, 0.6) is 11.5 Å². The number of aromatic hydroxyl groups is 1. The predicted molar refractivity (Wildman–Crippen MR) is 109 cm³/mol. The molecule has 144 valence electrons. The second-order valence-electron chi connectivity index (χ2n) is 5.80. The largest absolute Gasteiger partial charge is 0.508 e. The number of benzene rings is 2. The summed E-state index contributed by atoms with van der Waals surface area (Å²) in [6.45, 7) is 0.899. The summed E-state index contributed by atoms with van der Waals surface area (Å²) < 4.78 is 10.1. The number of nitrogens with zero attached hydrogens (tertiary/aromatic N) is 1. The molecular formula is C20H24N2O4S. The van der Waals surface area contributed by atoms with E-state index in [-0.39, 0.29) is 11.7 Å². The van der Waals surface area contributed by atoms with Gasteiger partial charge in [-0.2, -0.15) is 0 Å². The van der Waals surface area contributed by atoms with Crippen LogP contribution in [0, 0.1) is 0 Å². The van der Waals surface area contributed by atoms with Crippen molar-refractivity contribution in [1.29, 1.82) is 0 Å². The smallest absolute Gasteiger partial charge is 0.305 e. The van der Waals surface area contributed by atoms with Gasteiger partial charge in [0.25, 0.3) is 0 Å².